The molecule has 162 valence electrons. The molecule has 1 aromatic carbocycles. The summed E-state index contributed by atoms with van der Waals surface area (Å²) in [7, 11) is 1.61. The van der Waals surface area contributed by atoms with Crippen LogP contribution in [0, 0.1) is 6.92 Å². The molecule has 2 saturated heterocycles. The fourth-order valence-electron chi connectivity index (χ4n) is 3.92. The zero-order valence-corrected chi connectivity index (χ0v) is 17.2. The summed E-state index contributed by atoms with van der Waals surface area (Å²) in [6, 6.07) is 6.42. The SMILES string of the molecule is Cc1ccccc1OCC(O)CN1C(N2CCOCC2)=NC2C1C(=O)NC(=O)N2C. The van der Waals surface area contributed by atoms with Gasteiger partial charge in [-0.25, -0.2) is 9.79 Å². The maximum Gasteiger partial charge on any atom is 0.325 e. The second kappa shape index (κ2) is 8.49. The molecule has 2 N–H and O–H groups in total. The Balaban J connectivity index is 1.50. The Bertz CT molecular complexity index is 841. The summed E-state index contributed by atoms with van der Waals surface area (Å²) in [5, 5.41) is 13.1. The van der Waals surface area contributed by atoms with Gasteiger partial charge >= 0.3 is 6.03 Å². The number of aryl methyl sites for hydroxylation is 1. The van der Waals surface area contributed by atoms with Crippen LogP contribution in [0.2, 0.25) is 0 Å². The number of amides is 3. The number of aliphatic imine (C=N–C) groups is 1. The molecule has 0 radical (unpaired) electrons. The van der Waals surface area contributed by atoms with Crippen molar-refractivity contribution in [3.05, 3.63) is 29.8 Å². The van der Waals surface area contributed by atoms with Crippen molar-refractivity contribution in [3.8, 4) is 5.75 Å². The lowest BCUT2D eigenvalue weighted by molar-refractivity contribution is -0.127. The first-order chi connectivity index (χ1) is 14.5. The van der Waals surface area contributed by atoms with Gasteiger partial charge in [0, 0.05) is 20.1 Å². The first kappa shape index (κ1) is 20.4. The van der Waals surface area contributed by atoms with Gasteiger partial charge in [0.25, 0.3) is 5.91 Å². The number of benzene rings is 1. The molecule has 3 amide bonds. The molecule has 3 aliphatic rings. The van der Waals surface area contributed by atoms with Gasteiger partial charge in [0.2, 0.25) is 0 Å². The quantitative estimate of drug-likeness (QED) is 0.672. The second-order valence-corrected chi connectivity index (χ2v) is 7.67. The van der Waals surface area contributed by atoms with E-state index in [9.17, 15) is 14.7 Å². The van der Waals surface area contributed by atoms with Gasteiger partial charge < -0.3 is 29.3 Å². The summed E-state index contributed by atoms with van der Waals surface area (Å²) < 4.78 is 11.2. The third-order valence-electron chi connectivity index (χ3n) is 5.56. The van der Waals surface area contributed by atoms with Gasteiger partial charge in [-0.1, -0.05) is 18.2 Å². The minimum Gasteiger partial charge on any atom is -0.491 e. The predicted octanol–water partition coefficient (Wildman–Crippen LogP) is -0.385. The van der Waals surface area contributed by atoms with Crippen LogP contribution in [0.25, 0.3) is 0 Å². The van der Waals surface area contributed by atoms with Crippen LogP contribution >= 0.6 is 0 Å². The van der Waals surface area contributed by atoms with Crippen LogP contribution < -0.4 is 10.1 Å². The number of guanidine groups is 1. The van der Waals surface area contributed by atoms with E-state index in [2.05, 4.69) is 10.3 Å². The Morgan fingerprint density at radius 2 is 2.03 bits per heavy atom. The number of carbonyl (C=O) groups is 2. The maximum absolute atomic E-state index is 12.6. The van der Waals surface area contributed by atoms with E-state index in [1.807, 2.05) is 36.1 Å². The zero-order valence-electron chi connectivity index (χ0n) is 17.2. The molecule has 3 aliphatic heterocycles. The summed E-state index contributed by atoms with van der Waals surface area (Å²) in [5.41, 5.74) is 0.980. The topological polar surface area (TPSA) is 107 Å². The van der Waals surface area contributed by atoms with Crippen molar-refractivity contribution >= 4 is 17.9 Å². The van der Waals surface area contributed by atoms with Crippen LogP contribution in [0.5, 0.6) is 5.75 Å². The van der Waals surface area contributed by atoms with Crippen LogP contribution in [0.4, 0.5) is 4.79 Å². The standard InChI is InChI=1S/C20H27N5O5/c1-13-5-3-4-6-15(13)30-12-14(26)11-25-16-17(23(2)20(28)22-18(16)27)21-19(25)24-7-9-29-10-8-24/h3-6,14,16-17,26H,7-12H2,1-2H3,(H,22,27,28). The molecule has 4 rings (SSSR count). The predicted molar refractivity (Wildman–Crippen MR) is 108 cm³/mol. The maximum atomic E-state index is 12.6. The number of aliphatic hydroxyl groups excluding tert-OH is 1. The molecule has 1 aromatic rings. The van der Waals surface area contributed by atoms with E-state index in [1.54, 1.807) is 11.9 Å². The largest absolute Gasteiger partial charge is 0.491 e. The lowest BCUT2D eigenvalue weighted by atomic mass is 10.1. The van der Waals surface area contributed by atoms with Crippen LogP contribution in [-0.4, -0.2) is 103 Å². The average Bonchev–Trinajstić information content (AvgIpc) is 3.12. The van der Waals surface area contributed by atoms with Crippen LogP contribution in [-0.2, 0) is 9.53 Å². The van der Waals surface area contributed by atoms with Crippen LogP contribution in [0.15, 0.2) is 29.3 Å². The van der Waals surface area contributed by atoms with Crippen molar-refractivity contribution in [1.82, 2.24) is 20.0 Å². The third-order valence-corrected chi connectivity index (χ3v) is 5.56. The number of carbonyl (C=O) groups excluding carboxylic acids is 2. The number of ether oxygens (including phenoxy) is 2. The van der Waals surface area contributed by atoms with Gasteiger partial charge in [-0.05, 0) is 18.6 Å². The lowest BCUT2D eigenvalue weighted by Gasteiger charge is -2.39. The van der Waals surface area contributed by atoms with Gasteiger partial charge in [-0.3, -0.25) is 10.1 Å². The van der Waals surface area contributed by atoms with Crippen molar-refractivity contribution in [2.45, 2.75) is 25.2 Å². The number of imide groups is 1. The van der Waals surface area contributed by atoms with Gasteiger partial charge in [-0.15, -0.1) is 0 Å². The van der Waals surface area contributed by atoms with E-state index >= 15 is 0 Å². The zero-order chi connectivity index (χ0) is 21.3. The Morgan fingerprint density at radius 1 is 1.30 bits per heavy atom. The lowest BCUT2D eigenvalue weighted by Crippen LogP contribution is -2.65. The number of aliphatic hydroxyl groups is 1. The molecule has 0 aromatic heterocycles. The molecule has 0 spiro atoms. The Hall–Kier alpha value is -2.85. The second-order valence-electron chi connectivity index (χ2n) is 7.67. The molecule has 0 saturated carbocycles. The monoisotopic (exact) mass is 417 g/mol. The molecule has 2 fully saturated rings. The number of rotatable bonds is 5. The number of hydrogen-bond donors (Lipinski definition) is 2. The number of para-hydroxylation sites is 1. The molecule has 30 heavy (non-hydrogen) atoms. The number of urea groups is 1. The van der Waals surface area contributed by atoms with E-state index < -0.39 is 30.2 Å². The van der Waals surface area contributed by atoms with E-state index in [-0.39, 0.29) is 13.2 Å². The van der Waals surface area contributed by atoms with Gasteiger partial charge in [-0.2, -0.15) is 0 Å². The average molecular weight is 417 g/mol. The normalized spacial score (nSPS) is 25.0. The summed E-state index contributed by atoms with van der Waals surface area (Å²) in [6.45, 7) is 4.54. The first-order valence-corrected chi connectivity index (χ1v) is 10.1. The minimum atomic E-state index is -0.856. The highest BCUT2D eigenvalue weighted by Crippen LogP contribution is 2.26. The number of hydrogen-bond acceptors (Lipinski definition) is 8. The summed E-state index contributed by atoms with van der Waals surface area (Å²) in [4.78, 5) is 34.6. The van der Waals surface area contributed by atoms with E-state index in [1.165, 1.54) is 4.90 Å². The van der Waals surface area contributed by atoms with Crippen LogP contribution in [0.1, 0.15) is 5.56 Å². The molecule has 0 bridgehead atoms. The molecular weight excluding hydrogens is 390 g/mol. The highest BCUT2D eigenvalue weighted by Gasteiger charge is 2.50. The van der Waals surface area contributed by atoms with Gasteiger partial charge in [0.15, 0.2) is 18.2 Å². The summed E-state index contributed by atoms with van der Waals surface area (Å²) in [5.74, 6) is 0.890. The molecule has 3 atom stereocenters. The Labute approximate surface area is 175 Å². The fraction of sp³-hybridized carbons (Fsp3) is 0.550. The van der Waals surface area contributed by atoms with Gasteiger partial charge in [0.05, 0.1) is 19.8 Å². The molecular formula is C20H27N5O5. The van der Waals surface area contributed by atoms with Crippen molar-refractivity contribution in [2.24, 2.45) is 4.99 Å². The Morgan fingerprint density at radius 3 is 2.77 bits per heavy atom. The van der Waals surface area contributed by atoms with Crippen LogP contribution in [0.3, 0.4) is 0 Å². The minimum absolute atomic E-state index is 0.0749. The number of likely N-dealkylation sites (N-methyl/N-ethyl adjacent to an activating group) is 1. The molecule has 3 unspecified atom stereocenters. The highest BCUT2D eigenvalue weighted by atomic mass is 16.5. The Kier molecular flexibility index (Phi) is 5.78. The van der Waals surface area contributed by atoms with E-state index in [0.717, 1.165) is 5.56 Å². The number of β-amino-alcohol motifs (C(OH)–C–C–N with tert-alkyl or cyclic N) is 1. The number of fused-ring (bicyclic) bond motifs is 1. The number of morpholine rings is 1. The summed E-state index contributed by atoms with van der Waals surface area (Å²) in [6.07, 6.45) is -1.49. The first-order valence-electron chi connectivity index (χ1n) is 10.1. The van der Waals surface area contributed by atoms with E-state index in [0.29, 0.717) is 38.0 Å². The number of nitrogens with one attached hydrogen (secondary N) is 1. The van der Waals surface area contributed by atoms with E-state index in [4.69, 9.17) is 9.47 Å². The smallest absolute Gasteiger partial charge is 0.325 e. The molecule has 10 heteroatoms. The summed E-state index contributed by atoms with van der Waals surface area (Å²) >= 11 is 0. The van der Waals surface area contributed by atoms with Crippen molar-refractivity contribution in [3.63, 3.8) is 0 Å². The molecule has 0 aliphatic carbocycles. The van der Waals surface area contributed by atoms with Gasteiger partial charge in [0.1, 0.15) is 18.5 Å². The molecule has 3 heterocycles. The van der Waals surface area contributed by atoms with Crippen molar-refractivity contribution in [2.75, 3.05) is 46.5 Å². The molecule has 10 nitrogen and oxygen atoms in total. The highest BCUT2D eigenvalue weighted by molar-refractivity contribution is 6.03. The van der Waals surface area contributed by atoms with Crippen molar-refractivity contribution < 1.29 is 24.2 Å². The fourth-order valence-corrected chi connectivity index (χ4v) is 3.92. The third kappa shape index (κ3) is 3.92. The number of nitrogens with zero attached hydrogens (tertiary/aromatic N) is 4. The van der Waals surface area contributed by atoms with Crippen molar-refractivity contribution in [1.29, 1.82) is 0 Å².